The van der Waals surface area contributed by atoms with Gasteiger partial charge in [0, 0.05) is 17.8 Å². The summed E-state index contributed by atoms with van der Waals surface area (Å²) < 4.78 is 0. The lowest BCUT2D eigenvalue weighted by molar-refractivity contribution is 0.361. The highest BCUT2D eigenvalue weighted by molar-refractivity contribution is 7.80. The zero-order valence-electron chi connectivity index (χ0n) is 9.86. The summed E-state index contributed by atoms with van der Waals surface area (Å²) in [5, 5.41) is 7.15. The summed E-state index contributed by atoms with van der Waals surface area (Å²) in [6.45, 7) is 0. The zero-order valence-corrected chi connectivity index (χ0v) is 10.7. The lowest BCUT2D eigenvalue weighted by Gasteiger charge is -2.30. The van der Waals surface area contributed by atoms with E-state index < -0.39 is 0 Å². The Hall–Kier alpha value is -1.13. The summed E-state index contributed by atoms with van der Waals surface area (Å²) >= 11 is 5.29. The van der Waals surface area contributed by atoms with Gasteiger partial charge in [0.25, 0.3) is 0 Å². The van der Waals surface area contributed by atoms with Crippen LogP contribution in [0, 0.1) is 0 Å². The Balaban J connectivity index is 1.84. The molecule has 1 aliphatic rings. The fourth-order valence-corrected chi connectivity index (χ4v) is 2.47. The van der Waals surface area contributed by atoms with E-state index in [1.54, 1.807) is 0 Å². The summed E-state index contributed by atoms with van der Waals surface area (Å²) in [5.41, 5.74) is 7.08. The van der Waals surface area contributed by atoms with Gasteiger partial charge in [-0.25, -0.2) is 0 Å². The molecule has 3 nitrogen and oxygen atoms in total. The molecule has 0 saturated heterocycles. The van der Waals surface area contributed by atoms with E-state index in [2.05, 4.69) is 10.6 Å². The molecule has 1 saturated carbocycles. The van der Waals surface area contributed by atoms with Crippen LogP contribution in [0.4, 0.5) is 5.69 Å². The maximum absolute atomic E-state index is 6.07. The molecule has 0 spiro atoms. The van der Waals surface area contributed by atoms with E-state index in [4.69, 9.17) is 18.0 Å². The maximum Gasteiger partial charge on any atom is 0.171 e. The second kappa shape index (κ2) is 5.98. The van der Waals surface area contributed by atoms with Crippen molar-refractivity contribution in [3.05, 3.63) is 30.3 Å². The number of thiocarbonyl (C=S) groups is 1. The predicted octanol–water partition coefficient (Wildman–Crippen LogP) is 2.24. The minimum absolute atomic E-state index is 0.222. The summed E-state index contributed by atoms with van der Waals surface area (Å²) in [6, 6.07) is 10.5. The van der Waals surface area contributed by atoms with E-state index in [0.29, 0.717) is 11.2 Å². The van der Waals surface area contributed by atoms with Crippen molar-refractivity contribution < 1.29 is 0 Å². The van der Waals surface area contributed by atoms with Crippen LogP contribution >= 0.6 is 12.2 Å². The molecule has 2 atom stereocenters. The number of hydrogen-bond donors (Lipinski definition) is 3. The highest BCUT2D eigenvalue weighted by atomic mass is 32.1. The van der Waals surface area contributed by atoms with E-state index in [-0.39, 0.29) is 6.04 Å². The third-order valence-electron chi connectivity index (χ3n) is 3.17. The second-order valence-electron chi connectivity index (χ2n) is 4.52. The molecule has 17 heavy (non-hydrogen) atoms. The van der Waals surface area contributed by atoms with Crippen molar-refractivity contribution in [3.8, 4) is 0 Å². The van der Waals surface area contributed by atoms with Gasteiger partial charge in [0.2, 0.25) is 0 Å². The number of benzene rings is 1. The van der Waals surface area contributed by atoms with Crippen LogP contribution in [0.5, 0.6) is 0 Å². The highest BCUT2D eigenvalue weighted by Gasteiger charge is 2.21. The Bertz CT molecular complexity index is 366. The molecule has 0 unspecified atom stereocenters. The van der Waals surface area contributed by atoms with Gasteiger partial charge in [-0.3, -0.25) is 0 Å². The third kappa shape index (κ3) is 3.68. The molecule has 0 aromatic heterocycles. The molecule has 4 N–H and O–H groups in total. The van der Waals surface area contributed by atoms with E-state index in [0.717, 1.165) is 18.5 Å². The standard InChI is InChI=1S/C13H19N3S/c14-11-8-4-5-9-12(11)16-13(17)15-10-6-2-1-3-7-10/h1-3,6-7,11-12H,4-5,8-9,14H2,(H2,15,16,17)/t11-,12+/m0/s1. The molecule has 1 fully saturated rings. The number of nitrogens with two attached hydrogens (primary N) is 1. The molecule has 92 valence electrons. The molecule has 0 heterocycles. The van der Waals surface area contributed by atoms with Crippen LogP contribution < -0.4 is 16.4 Å². The van der Waals surface area contributed by atoms with Crippen LogP contribution in [0.25, 0.3) is 0 Å². The smallest absolute Gasteiger partial charge is 0.171 e. The monoisotopic (exact) mass is 249 g/mol. The van der Waals surface area contributed by atoms with Gasteiger partial charge in [0.1, 0.15) is 0 Å². The van der Waals surface area contributed by atoms with Gasteiger partial charge in [-0.2, -0.15) is 0 Å². The van der Waals surface area contributed by atoms with Gasteiger partial charge < -0.3 is 16.4 Å². The van der Waals surface area contributed by atoms with Crippen LogP contribution in [0.3, 0.4) is 0 Å². The average molecular weight is 249 g/mol. The number of hydrogen-bond acceptors (Lipinski definition) is 2. The molecule has 0 aliphatic heterocycles. The van der Waals surface area contributed by atoms with E-state index >= 15 is 0 Å². The van der Waals surface area contributed by atoms with E-state index in [1.807, 2.05) is 30.3 Å². The lowest BCUT2D eigenvalue weighted by atomic mass is 9.91. The minimum Gasteiger partial charge on any atom is -0.358 e. The van der Waals surface area contributed by atoms with E-state index in [9.17, 15) is 0 Å². The molecule has 4 heteroatoms. The minimum atomic E-state index is 0.222. The largest absolute Gasteiger partial charge is 0.358 e. The van der Waals surface area contributed by atoms with Crippen molar-refractivity contribution in [1.29, 1.82) is 0 Å². The fourth-order valence-electron chi connectivity index (χ4n) is 2.20. The maximum atomic E-state index is 6.07. The van der Waals surface area contributed by atoms with Gasteiger partial charge in [-0.1, -0.05) is 31.0 Å². The summed E-state index contributed by atoms with van der Waals surface area (Å²) in [6.07, 6.45) is 4.67. The molecule has 1 aromatic rings. The summed E-state index contributed by atoms with van der Waals surface area (Å²) in [7, 11) is 0. The van der Waals surface area contributed by atoms with Crippen molar-refractivity contribution in [2.75, 3.05) is 5.32 Å². The van der Waals surface area contributed by atoms with Crippen molar-refractivity contribution in [1.82, 2.24) is 5.32 Å². The first-order valence-corrected chi connectivity index (χ1v) is 6.54. The number of nitrogens with one attached hydrogen (secondary N) is 2. The Morgan fingerprint density at radius 1 is 1.18 bits per heavy atom. The average Bonchev–Trinajstić information content (AvgIpc) is 2.33. The topological polar surface area (TPSA) is 50.1 Å². The fraction of sp³-hybridized carbons (Fsp3) is 0.462. The normalized spacial score (nSPS) is 24.1. The van der Waals surface area contributed by atoms with Gasteiger partial charge in [-0.05, 0) is 37.2 Å². The Labute approximate surface area is 108 Å². The van der Waals surface area contributed by atoms with Gasteiger partial charge in [0.05, 0.1) is 0 Å². The number of anilines is 1. The summed E-state index contributed by atoms with van der Waals surface area (Å²) in [5.74, 6) is 0. The molecule has 0 bridgehead atoms. The second-order valence-corrected chi connectivity index (χ2v) is 4.93. The van der Waals surface area contributed by atoms with Crippen LogP contribution in [-0.2, 0) is 0 Å². The zero-order chi connectivity index (χ0) is 12.1. The van der Waals surface area contributed by atoms with Crippen molar-refractivity contribution in [3.63, 3.8) is 0 Å². The van der Waals surface area contributed by atoms with Crippen LogP contribution in [0.15, 0.2) is 30.3 Å². The quantitative estimate of drug-likeness (QED) is 0.704. The number of rotatable bonds is 2. The van der Waals surface area contributed by atoms with Crippen LogP contribution in [0.2, 0.25) is 0 Å². The lowest BCUT2D eigenvalue weighted by Crippen LogP contribution is -2.50. The predicted molar refractivity (Wildman–Crippen MR) is 76.0 cm³/mol. The molecular formula is C13H19N3S. The molecule has 0 amide bonds. The van der Waals surface area contributed by atoms with Crippen molar-refractivity contribution in [2.45, 2.75) is 37.8 Å². The van der Waals surface area contributed by atoms with Crippen LogP contribution in [0.1, 0.15) is 25.7 Å². The van der Waals surface area contributed by atoms with Crippen molar-refractivity contribution in [2.24, 2.45) is 5.73 Å². The summed E-state index contributed by atoms with van der Waals surface area (Å²) in [4.78, 5) is 0. The third-order valence-corrected chi connectivity index (χ3v) is 3.39. The van der Waals surface area contributed by atoms with Crippen LogP contribution in [-0.4, -0.2) is 17.2 Å². The first kappa shape index (κ1) is 12.3. The van der Waals surface area contributed by atoms with Crippen molar-refractivity contribution >= 4 is 23.0 Å². The Morgan fingerprint density at radius 3 is 2.59 bits per heavy atom. The number of para-hydroxylation sites is 1. The Morgan fingerprint density at radius 2 is 1.88 bits per heavy atom. The first-order valence-electron chi connectivity index (χ1n) is 6.14. The van der Waals surface area contributed by atoms with Gasteiger partial charge >= 0.3 is 0 Å². The Kier molecular flexibility index (Phi) is 4.34. The molecule has 1 aromatic carbocycles. The molecular weight excluding hydrogens is 230 g/mol. The molecule has 0 radical (unpaired) electrons. The van der Waals surface area contributed by atoms with E-state index in [1.165, 1.54) is 12.8 Å². The van der Waals surface area contributed by atoms with Gasteiger partial charge in [0.15, 0.2) is 5.11 Å². The van der Waals surface area contributed by atoms with Gasteiger partial charge in [-0.15, -0.1) is 0 Å². The first-order chi connectivity index (χ1) is 8.25. The molecule has 1 aliphatic carbocycles. The molecule has 2 rings (SSSR count). The SMILES string of the molecule is N[C@H]1CCCC[C@H]1NC(=S)Nc1ccccc1. The highest BCUT2D eigenvalue weighted by Crippen LogP contribution is 2.17.